The number of carbonyl (C=O) groups is 1. The van der Waals surface area contributed by atoms with Crippen molar-refractivity contribution in [3.8, 4) is 11.5 Å². The third-order valence-corrected chi connectivity index (χ3v) is 6.98. The maximum absolute atomic E-state index is 13.6. The monoisotopic (exact) mass is 538 g/mol. The summed E-state index contributed by atoms with van der Waals surface area (Å²) in [6.45, 7) is 1.66. The van der Waals surface area contributed by atoms with Gasteiger partial charge in [0.15, 0.2) is 4.80 Å². The summed E-state index contributed by atoms with van der Waals surface area (Å²) in [5, 5.41) is 11.1. The van der Waals surface area contributed by atoms with Crippen molar-refractivity contribution in [1.82, 2.24) is 4.57 Å². The van der Waals surface area contributed by atoms with Crippen molar-refractivity contribution in [2.24, 2.45) is 4.99 Å². The van der Waals surface area contributed by atoms with E-state index in [9.17, 15) is 14.7 Å². The number of thiazole rings is 1. The molecule has 3 aromatic rings. The number of benzene rings is 2. The molecule has 11 heteroatoms. The number of phenols is 1. The fraction of sp³-hybridized carbons (Fsp3) is 0.174. The van der Waals surface area contributed by atoms with E-state index >= 15 is 0 Å². The minimum Gasteiger partial charge on any atom is -0.506 e. The Morgan fingerprint density at radius 3 is 2.59 bits per heavy atom. The zero-order valence-electron chi connectivity index (χ0n) is 18.1. The van der Waals surface area contributed by atoms with Gasteiger partial charge < -0.3 is 14.6 Å². The van der Waals surface area contributed by atoms with Gasteiger partial charge >= 0.3 is 5.97 Å². The molecular weight excluding hydrogens is 523 g/mol. The maximum atomic E-state index is 13.6. The van der Waals surface area contributed by atoms with Gasteiger partial charge in [-0.1, -0.05) is 46.1 Å². The molecule has 0 aliphatic carbocycles. The fourth-order valence-corrected chi connectivity index (χ4v) is 5.47. The summed E-state index contributed by atoms with van der Waals surface area (Å²) in [4.78, 5) is 31.2. The Balaban J connectivity index is 2.05. The van der Waals surface area contributed by atoms with E-state index < -0.39 is 17.6 Å². The van der Waals surface area contributed by atoms with Crippen LogP contribution in [0.5, 0.6) is 11.5 Å². The van der Waals surface area contributed by atoms with Gasteiger partial charge in [0.05, 0.1) is 35.0 Å². The molecule has 0 saturated carbocycles. The van der Waals surface area contributed by atoms with E-state index in [0.717, 1.165) is 11.3 Å². The summed E-state index contributed by atoms with van der Waals surface area (Å²) >= 11 is 19.5. The van der Waals surface area contributed by atoms with Crippen LogP contribution < -0.4 is 19.6 Å². The van der Waals surface area contributed by atoms with Crippen LogP contribution in [0.2, 0.25) is 15.1 Å². The molecule has 0 amide bonds. The normalized spacial score (nSPS) is 15.7. The number of ether oxygens (including phenoxy) is 2. The number of allylic oxidation sites excluding steroid dienone is 1. The molecule has 1 aliphatic rings. The summed E-state index contributed by atoms with van der Waals surface area (Å²) in [5.41, 5.74) is 0.880. The molecule has 2 heterocycles. The lowest BCUT2D eigenvalue weighted by molar-refractivity contribution is -0.136. The Hall–Kier alpha value is -2.78. The van der Waals surface area contributed by atoms with Gasteiger partial charge in [-0.25, -0.2) is 9.79 Å². The first-order valence-electron chi connectivity index (χ1n) is 9.78. The van der Waals surface area contributed by atoms with Gasteiger partial charge in [0, 0.05) is 21.2 Å². The van der Waals surface area contributed by atoms with E-state index in [-0.39, 0.29) is 26.4 Å². The molecule has 1 N–H and O–H groups in total. The van der Waals surface area contributed by atoms with E-state index in [2.05, 4.69) is 4.99 Å². The number of carbonyl (C=O) groups excluding carboxylic acids is 1. The highest BCUT2D eigenvalue weighted by Gasteiger charge is 2.35. The van der Waals surface area contributed by atoms with E-state index in [1.165, 1.54) is 37.0 Å². The maximum Gasteiger partial charge on any atom is 0.338 e. The first-order valence-corrected chi connectivity index (χ1v) is 11.7. The number of aromatic hydroxyl groups is 1. The zero-order valence-corrected chi connectivity index (χ0v) is 21.1. The molecule has 0 radical (unpaired) electrons. The molecule has 1 aromatic heterocycles. The highest BCUT2D eigenvalue weighted by molar-refractivity contribution is 7.07. The minimum atomic E-state index is -0.906. The minimum absolute atomic E-state index is 0.0527. The lowest BCUT2D eigenvalue weighted by Crippen LogP contribution is -2.40. The van der Waals surface area contributed by atoms with Gasteiger partial charge in [-0.05, 0) is 43.3 Å². The predicted octanol–water partition coefficient (Wildman–Crippen LogP) is 4.08. The molecule has 1 aliphatic heterocycles. The third-order valence-electron chi connectivity index (χ3n) is 5.26. The Bertz CT molecular complexity index is 1540. The smallest absolute Gasteiger partial charge is 0.338 e. The van der Waals surface area contributed by atoms with Crippen LogP contribution >= 0.6 is 46.1 Å². The number of halogens is 3. The number of esters is 1. The van der Waals surface area contributed by atoms with Crippen LogP contribution in [0.15, 0.2) is 51.4 Å². The van der Waals surface area contributed by atoms with Crippen LogP contribution in [0.3, 0.4) is 0 Å². The molecule has 1 atom stereocenters. The summed E-state index contributed by atoms with van der Waals surface area (Å²) in [6.07, 6.45) is 1.47. The number of hydrogen-bond donors (Lipinski definition) is 1. The third kappa shape index (κ3) is 4.22. The van der Waals surface area contributed by atoms with Crippen molar-refractivity contribution in [1.29, 1.82) is 0 Å². The molecule has 0 fully saturated rings. The van der Waals surface area contributed by atoms with Gasteiger partial charge in [0.2, 0.25) is 0 Å². The first-order chi connectivity index (χ1) is 16.2. The van der Waals surface area contributed by atoms with E-state index in [1.54, 1.807) is 25.1 Å². The van der Waals surface area contributed by atoms with E-state index in [0.29, 0.717) is 31.9 Å². The van der Waals surface area contributed by atoms with Crippen molar-refractivity contribution in [2.75, 3.05) is 14.2 Å². The Morgan fingerprint density at radius 2 is 1.91 bits per heavy atom. The summed E-state index contributed by atoms with van der Waals surface area (Å²) < 4.78 is 12.1. The molecule has 0 bridgehead atoms. The molecule has 34 heavy (non-hydrogen) atoms. The summed E-state index contributed by atoms with van der Waals surface area (Å²) in [5.74, 6) is -0.419. The number of methoxy groups -OCH3 is 2. The predicted molar refractivity (Wildman–Crippen MR) is 132 cm³/mol. The zero-order chi connectivity index (χ0) is 24.7. The highest BCUT2D eigenvalue weighted by Crippen LogP contribution is 2.37. The van der Waals surface area contributed by atoms with Gasteiger partial charge in [-0.15, -0.1) is 0 Å². The SMILES string of the molecule is COC(=O)C1=C(C)N=c2s/c(=C\c3cc(Cl)cc(Cl)c3O)c(=O)n2[C@@H]1c1cc(Cl)ccc1OC. The van der Waals surface area contributed by atoms with E-state index in [1.807, 2.05) is 0 Å². The van der Waals surface area contributed by atoms with Gasteiger partial charge in [-0.2, -0.15) is 0 Å². The fourth-order valence-electron chi connectivity index (χ4n) is 3.74. The lowest BCUT2D eigenvalue weighted by Gasteiger charge is -2.25. The van der Waals surface area contributed by atoms with Crippen LogP contribution in [0.25, 0.3) is 6.08 Å². The first kappa shape index (κ1) is 24.3. The molecule has 0 spiro atoms. The number of rotatable bonds is 4. The Morgan fingerprint density at radius 1 is 1.18 bits per heavy atom. The number of fused-ring (bicyclic) bond motifs is 1. The van der Waals surface area contributed by atoms with Crippen molar-refractivity contribution >= 4 is 58.2 Å². The average molecular weight is 540 g/mol. The standard InChI is InChI=1S/C23H17Cl3N2O5S/c1-10-18(22(31)33-3)19(14-8-12(24)4-5-16(14)32-2)28-21(30)17(34-23(28)27-10)7-11-6-13(25)9-15(26)20(11)29/h4-9,19,29H,1-3H3/b17-7-/t19-/m1/s1. The lowest BCUT2D eigenvalue weighted by atomic mass is 9.95. The molecule has 7 nitrogen and oxygen atoms in total. The second-order valence-electron chi connectivity index (χ2n) is 7.29. The van der Waals surface area contributed by atoms with Crippen LogP contribution in [0, 0.1) is 0 Å². The number of phenolic OH excluding ortho intramolecular Hbond substituents is 1. The second-order valence-corrected chi connectivity index (χ2v) is 9.57. The van der Waals surface area contributed by atoms with Crippen molar-refractivity contribution < 1.29 is 19.4 Å². The van der Waals surface area contributed by atoms with Crippen LogP contribution in [0.1, 0.15) is 24.1 Å². The molecule has 0 saturated heterocycles. The molecule has 2 aromatic carbocycles. The molecule has 176 valence electrons. The van der Waals surface area contributed by atoms with Crippen LogP contribution in [-0.2, 0) is 9.53 Å². The van der Waals surface area contributed by atoms with Crippen molar-refractivity contribution in [2.45, 2.75) is 13.0 Å². The van der Waals surface area contributed by atoms with Crippen LogP contribution in [0.4, 0.5) is 0 Å². The highest BCUT2D eigenvalue weighted by atomic mass is 35.5. The summed E-state index contributed by atoms with van der Waals surface area (Å²) in [7, 11) is 2.74. The summed E-state index contributed by atoms with van der Waals surface area (Å²) in [6, 6.07) is 6.92. The number of nitrogens with zero attached hydrogens (tertiary/aromatic N) is 2. The Labute approximate surface area is 212 Å². The topological polar surface area (TPSA) is 90.1 Å². The molecule has 0 unspecified atom stereocenters. The van der Waals surface area contributed by atoms with Crippen molar-refractivity contribution in [3.05, 3.63) is 87.5 Å². The molecular formula is C23H17Cl3N2O5S. The number of aromatic nitrogens is 1. The largest absolute Gasteiger partial charge is 0.506 e. The average Bonchev–Trinajstić information content (AvgIpc) is 3.10. The van der Waals surface area contributed by atoms with Gasteiger partial charge in [-0.3, -0.25) is 9.36 Å². The number of hydrogen-bond acceptors (Lipinski definition) is 7. The van der Waals surface area contributed by atoms with E-state index in [4.69, 9.17) is 44.3 Å². The van der Waals surface area contributed by atoms with Crippen molar-refractivity contribution in [3.63, 3.8) is 0 Å². The quantitative estimate of drug-likeness (QED) is 0.505. The van der Waals surface area contributed by atoms with Gasteiger partial charge in [0.1, 0.15) is 17.5 Å². The van der Waals surface area contributed by atoms with Gasteiger partial charge in [0.25, 0.3) is 5.56 Å². The molecule has 4 rings (SSSR count). The second kappa shape index (κ2) is 9.46. The van der Waals surface area contributed by atoms with Crippen LogP contribution in [-0.4, -0.2) is 29.9 Å². The Kier molecular flexibility index (Phi) is 6.78.